The van der Waals surface area contributed by atoms with Gasteiger partial charge in [0, 0.05) is 11.3 Å². The lowest BCUT2D eigenvalue weighted by Gasteiger charge is -2.25. The number of halogens is 1. The zero-order valence-electron chi connectivity index (χ0n) is 18.3. The van der Waals surface area contributed by atoms with E-state index in [-0.39, 0.29) is 11.3 Å². The molecule has 6 nitrogen and oxygen atoms in total. The fourth-order valence-electron chi connectivity index (χ4n) is 4.00. The Bertz CT molecular complexity index is 1270. The number of aliphatic hydroxyl groups is 1. The summed E-state index contributed by atoms with van der Waals surface area (Å²) in [5.41, 5.74) is 2.13. The van der Waals surface area contributed by atoms with Gasteiger partial charge in [0.15, 0.2) is 11.5 Å². The number of aliphatic hydroxyl groups excluding tert-OH is 1. The summed E-state index contributed by atoms with van der Waals surface area (Å²) in [6.45, 7) is 1.89. The van der Waals surface area contributed by atoms with E-state index >= 15 is 0 Å². The number of carbonyl (C=O) groups is 2. The normalized spacial score (nSPS) is 17.3. The molecule has 7 heteroatoms. The first-order chi connectivity index (χ1) is 15.8. The molecule has 1 saturated heterocycles. The van der Waals surface area contributed by atoms with Gasteiger partial charge in [-0.05, 0) is 55.0 Å². The van der Waals surface area contributed by atoms with Crippen LogP contribution in [0.2, 0.25) is 0 Å². The fourth-order valence-corrected chi connectivity index (χ4v) is 4.00. The molecular weight excluding hydrogens is 425 g/mol. The predicted molar refractivity (Wildman–Crippen MR) is 122 cm³/mol. The van der Waals surface area contributed by atoms with Gasteiger partial charge < -0.3 is 14.6 Å². The summed E-state index contributed by atoms with van der Waals surface area (Å²) in [6.07, 6.45) is 0. The van der Waals surface area contributed by atoms with Crippen LogP contribution >= 0.6 is 0 Å². The molecule has 3 aromatic rings. The molecule has 0 spiro atoms. The molecule has 168 valence electrons. The fraction of sp³-hybridized carbons (Fsp3) is 0.154. The van der Waals surface area contributed by atoms with E-state index in [1.165, 1.54) is 49.5 Å². The first kappa shape index (κ1) is 22.1. The Kier molecular flexibility index (Phi) is 5.87. The van der Waals surface area contributed by atoms with E-state index in [1.54, 1.807) is 18.2 Å². The Morgan fingerprint density at radius 2 is 1.64 bits per heavy atom. The van der Waals surface area contributed by atoms with Crippen LogP contribution in [0.25, 0.3) is 5.76 Å². The number of anilines is 1. The van der Waals surface area contributed by atoms with Gasteiger partial charge in [0.1, 0.15) is 11.6 Å². The average molecular weight is 447 g/mol. The van der Waals surface area contributed by atoms with Crippen molar-refractivity contribution in [2.75, 3.05) is 19.1 Å². The lowest BCUT2D eigenvalue weighted by atomic mass is 9.94. The summed E-state index contributed by atoms with van der Waals surface area (Å²) in [6, 6.07) is 16.4. The lowest BCUT2D eigenvalue weighted by molar-refractivity contribution is -0.132. The molecule has 1 aliphatic heterocycles. The van der Waals surface area contributed by atoms with Crippen molar-refractivity contribution in [3.63, 3.8) is 0 Å². The smallest absolute Gasteiger partial charge is 0.300 e. The number of ether oxygens (including phenoxy) is 2. The van der Waals surface area contributed by atoms with Crippen LogP contribution < -0.4 is 14.4 Å². The Morgan fingerprint density at radius 1 is 0.939 bits per heavy atom. The highest BCUT2D eigenvalue weighted by Gasteiger charge is 2.47. The first-order valence-electron chi connectivity index (χ1n) is 10.2. The lowest BCUT2D eigenvalue weighted by Crippen LogP contribution is -2.29. The van der Waals surface area contributed by atoms with Crippen LogP contribution in [0.1, 0.15) is 22.7 Å². The molecule has 1 atom stereocenters. The molecule has 4 rings (SSSR count). The SMILES string of the molecule is COc1ccc(/C(O)=C2/C(=O)C(=O)N(c3ccc(F)cc3)C2c2cccc(C)c2)cc1OC. The highest BCUT2D eigenvalue weighted by Crippen LogP contribution is 2.43. The summed E-state index contributed by atoms with van der Waals surface area (Å²) in [5, 5.41) is 11.2. The van der Waals surface area contributed by atoms with E-state index in [1.807, 2.05) is 25.1 Å². The van der Waals surface area contributed by atoms with E-state index < -0.39 is 23.5 Å². The van der Waals surface area contributed by atoms with Crippen molar-refractivity contribution in [3.8, 4) is 11.5 Å². The van der Waals surface area contributed by atoms with Crippen LogP contribution in [0.3, 0.4) is 0 Å². The monoisotopic (exact) mass is 447 g/mol. The standard InChI is InChI=1S/C26H22FNO5/c1-15-5-4-6-16(13-15)23-22(24(29)17-7-12-20(32-2)21(14-17)33-3)25(30)26(31)28(23)19-10-8-18(27)9-11-19/h4-14,23,29H,1-3H3/b24-22-. The van der Waals surface area contributed by atoms with Crippen molar-refractivity contribution in [1.82, 2.24) is 0 Å². The Balaban J connectivity index is 1.94. The molecular formula is C26H22FNO5. The van der Waals surface area contributed by atoms with Gasteiger partial charge in [0.2, 0.25) is 0 Å². The molecule has 0 aliphatic carbocycles. The number of hydrogen-bond acceptors (Lipinski definition) is 5. The zero-order valence-corrected chi connectivity index (χ0v) is 18.3. The topological polar surface area (TPSA) is 76.1 Å². The van der Waals surface area contributed by atoms with Crippen molar-refractivity contribution in [2.24, 2.45) is 0 Å². The van der Waals surface area contributed by atoms with Gasteiger partial charge >= 0.3 is 0 Å². The molecule has 1 fully saturated rings. The molecule has 0 bridgehead atoms. The number of nitrogens with zero attached hydrogens (tertiary/aromatic N) is 1. The van der Waals surface area contributed by atoms with Crippen LogP contribution in [-0.2, 0) is 9.59 Å². The van der Waals surface area contributed by atoms with Crippen LogP contribution in [0.5, 0.6) is 11.5 Å². The van der Waals surface area contributed by atoms with Crippen molar-refractivity contribution < 1.29 is 28.6 Å². The van der Waals surface area contributed by atoms with Gasteiger partial charge in [-0.15, -0.1) is 0 Å². The maximum absolute atomic E-state index is 13.5. The van der Waals surface area contributed by atoms with E-state index in [4.69, 9.17) is 9.47 Å². The highest BCUT2D eigenvalue weighted by atomic mass is 19.1. The quantitative estimate of drug-likeness (QED) is 0.346. The van der Waals surface area contributed by atoms with Crippen LogP contribution in [-0.4, -0.2) is 31.0 Å². The third kappa shape index (κ3) is 3.93. The summed E-state index contributed by atoms with van der Waals surface area (Å²) >= 11 is 0. The molecule has 1 unspecified atom stereocenters. The first-order valence-corrected chi connectivity index (χ1v) is 10.2. The number of methoxy groups -OCH3 is 2. The molecule has 1 amide bonds. The second kappa shape index (κ2) is 8.78. The number of ketones is 1. The number of amides is 1. The number of Topliss-reactive ketones (excluding diaryl/α,β-unsaturated/α-hetero) is 1. The van der Waals surface area contributed by atoms with E-state index in [0.717, 1.165) is 5.56 Å². The third-order valence-electron chi connectivity index (χ3n) is 5.56. The molecule has 3 aromatic carbocycles. The van der Waals surface area contributed by atoms with Crippen LogP contribution in [0, 0.1) is 12.7 Å². The maximum Gasteiger partial charge on any atom is 0.300 e. The van der Waals surface area contributed by atoms with Gasteiger partial charge in [-0.25, -0.2) is 4.39 Å². The number of hydrogen-bond donors (Lipinski definition) is 1. The number of carbonyl (C=O) groups excluding carboxylic acids is 2. The Morgan fingerprint density at radius 3 is 2.27 bits per heavy atom. The number of rotatable bonds is 5. The second-order valence-corrected chi connectivity index (χ2v) is 7.63. The number of aryl methyl sites for hydroxylation is 1. The van der Waals surface area contributed by atoms with E-state index in [9.17, 15) is 19.1 Å². The minimum Gasteiger partial charge on any atom is -0.507 e. The van der Waals surface area contributed by atoms with Crippen LogP contribution in [0.15, 0.2) is 72.3 Å². The van der Waals surface area contributed by atoms with Gasteiger partial charge in [-0.3, -0.25) is 14.5 Å². The van der Waals surface area contributed by atoms with E-state index in [2.05, 4.69) is 0 Å². The molecule has 1 N–H and O–H groups in total. The molecule has 0 saturated carbocycles. The maximum atomic E-state index is 13.5. The van der Waals surface area contributed by atoms with Gasteiger partial charge in [0.25, 0.3) is 11.7 Å². The van der Waals surface area contributed by atoms with Gasteiger partial charge in [-0.1, -0.05) is 29.8 Å². The predicted octanol–water partition coefficient (Wildman–Crippen LogP) is 4.78. The molecule has 1 aliphatic rings. The molecule has 1 heterocycles. The summed E-state index contributed by atoms with van der Waals surface area (Å²) in [4.78, 5) is 27.6. The summed E-state index contributed by atoms with van der Waals surface area (Å²) in [7, 11) is 2.95. The third-order valence-corrected chi connectivity index (χ3v) is 5.56. The summed E-state index contributed by atoms with van der Waals surface area (Å²) < 4.78 is 24.1. The van der Waals surface area contributed by atoms with Crippen molar-refractivity contribution >= 4 is 23.1 Å². The zero-order chi connectivity index (χ0) is 23.7. The minimum atomic E-state index is -0.900. The number of benzene rings is 3. The van der Waals surface area contributed by atoms with Crippen molar-refractivity contribution in [2.45, 2.75) is 13.0 Å². The van der Waals surface area contributed by atoms with Gasteiger partial charge in [0.05, 0.1) is 25.8 Å². The van der Waals surface area contributed by atoms with Crippen molar-refractivity contribution in [1.29, 1.82) is 0 Å². The van der Waals surface area contributed by atoms with Crippen molar-refractivity contribution in [3.05, 3.63) is 94.8 Å². The Hall–Kier alpha value is -4.13. The second-order valence-electron chi connectivity index (χ2n) is 7.63. The average Bonchev–Trinajstić information content (AvgIpc) is 3.09. The minimum absolute atomic E-state index is 0.0675. The Labute approximate surface area is 190 Å². The van der Waals surface area contributed by atoms with Crippen LogP contribution in [0.4, 0.5) is 10.1 Å². The highest BCUT2D eigenvalue weighted by molar-refractivity contribution is 6.51. The molecule has 33 heavy (non-hydrogen) atoms. The molecule has 0 aromatic heterocycles. The molecule has 0 radical (unpaired) electrons. The largest absolute Gasteiger partial charge is 0.507 e. The van der Waals surface area contributed by atoms with E-state index in [0.29, 0.717) is 28.3 Å². The summed E-state index contributed by atoms with van der Waals surface area (Å²) in [5.74, 6) is -1.64. The van der Waals surface area contributed by atoms with Gasteiger partial charge in [-0.2, -0.15) is 0 Å².